The molecule has 0 aliphatic carbocycles. The van der Waals surface area contributed by atoms with Crippen molar-refractivity contribution in [2.75, 3.05) is 12.3 Å². The summed E-state index contributed by atoms with van der Waals surface area (Å²) in [5.74, 6) is 0.959. The number of amides is 1. The molecule has 0 unspecified atom stereocenters. The number of rotatable bonds is 5. The molecular weight excluding hydrogens is 309 g/mol. The van der Waals surface area contributed by atoms with Gasteiger partial charge in [0.2, 0.25) is 5.91 Å². The second kappa shape index (κ2) is 8.18. The van der Waals surface area contributed by atoms with Crippen LogP contribution in [0.2, 0.25) is 0 Å². The van der Waals surface area contributed by atoms with E-state index >= 15 is 0 Å². The number of hydrogen-bond acceptors (Lipinski definition) is 2. The highest BCUT2D eigenvalue weighted by atomic mass is 32.2. The molecule has 1 aromatic rings. The highest BCUT2D eigenvalue weighted by molar-refractivity contribution is 8.00. The van der Waals surface area contributed by atoms with E-state index in [0.717, 1.165) is 25.1 Å². The molecule has 0 bridgehead atoms. The lowest BCUT2D eigenvalue weighted by Crippen LogP contribution is -2.45. The molecule has 0 saturated carbocycles. The van der Waals surface area contributed by atoms with Crippen molar-refractivity contribution in [3.05, 3.63) is 35.6 Å². The fourth-order valence-electron chi connectivity index (χ4n) is 2.93. The minimum Gasteiger partial charge on any atom is -0.339 e. The van der Waals surface area contributed by atoms with Gasteiger partial charge in [-0.1, -0.05) is 39.0 Å². The predicted molar refractivity (Wildman–Crippen MR) is 96.3 cm³/mol. The van der Waals surface area contributed by atoms with E-state index in [2.05, 4.69) is 20.8 Å². The Balaban J connectivity index is 1.91. The molecule has 2 nitrogen and oxygen atoms in total. The van der Waals surface area contributed by atoms with Gasteiger partial charge in [-0.05, 0) is 37.3 Å². The van der Waals surface area contributed by atoms with E-state index in [4.69, 9.17) is 0 Å². The van der Waals surface area contributed by atoms with Crippen LogP contribution in [0.1, 0.15) is 52.0 Å². The topological polar surface area (TPSA) is 20.3 Å². The molecule has 2 rings (SSSR count). The first-order valence-electron chi connectivity index (χ1n) is 8.53. The van der Waals surface area contributed by atoms with Crippen molar-refractivity contribution in [3.8, 4) is 0 Å². The van der Waals surface area contributed by atoms with E-state index in [1.165, 1.54) is 12.5 Å². The second-order valence-electron chi connectivity index (χ2n) is 7.25. The van der Waals surface area contributed by atoms with Crippen LogP contribution >= 0.6 is 11.8 Å². The molecule has 23 heavy (non-hydrogen) atoms. The highest BCUT2D eigenvalue weighted by Gasteiger charge is 2.27. The van der Waals surface area contributed by atoms with Crippen LogP contribution in [-0.4, -0.2) is 33.9 Å². The van der Waals surface area contributed by atoms with Gasteiger partial charge < -0.3 is 4.90 Å². The second-order valence-corrected chi connectivity index (χ2v) is 9.10. The Morgan fingerprint density at radius 2 is 2.04 bits per heavy atom. The summed E-state index contributed by atoms with van der Waals surface area (Å²) < 4.78 is 13.9. The Kier molecular flexibility index (Phi) is 6.51. The third-order valence-electron chi connectivity index (χ3n) is 4.22. The molecule has 1 atom stereocenters. The lowest BCUT2D eigenvalue weighted by molar-refractivity contribution is -0.134. The summed E-state index contributed by atoms with van der Waals surface area (Å²) in [6.45, 7) is 7.49. The number of carbonyl (C=O) groups excluding carboxylic acids is 1. The lowest BCUT2D eigenvalue weighted by Gasteiger charge is -2.37. The van der Waals surface area contributed by atoms with Crippen LogP contribution in [-0.2, 0) is 11.2 Å². The van der Waals surface area contributed by atoms with Crippen molar-refractivity contribution in [2.24, 2.45) is 0 Å². The maximum absolute atomic E-state index is 13.7. The Morgan fingerprint density at radius 3 is 2.74 bits per heavy atom. The molecule has 0 radical (unpaired) electrons. The van der Waals surface area contributed by atoms with Crippen LogP contribution in [0.15, 0.2) is 24.3 Å². The Labute approximate surface area is 143 Å². The number of piperidine rings is 1. The van der Waals surface area contributed by atoms with E-state index in [0.29, 0.717) is 24.4 Å². The van der Waals surface area contributed by atoms with Crippen LogP contribution in [0, 0.1) is 5.82 Å². The predicted octanol–water partition coefficient (Wildman–Crippen LogP) is 4.67. The number of halogens is 1. The molecule has 1 amide bonds. The highest BCUT2D eigenvalue weighted by Crippen LogP contribution is 2.29. The number of nitrogens with zero attached hydrogens (tertiary/aromatic N) is 1. The first-order chi connectivity index (χ1) is 10.9. The molecule has 1 heterocycles. The van der Waals surface area contributed by atoms with Gasteiger partial charge in [0, 0.05) is 29.5 Å². The first kappa shape index (κ1) is 18.3. The summed E-state index contributed by atoms with van der Waals surface area (Å²) in [6, 6.07) is 7.08. The number of benzene rings is 1. The third-order valence-corrected chi connectivity index (χ3v) is 5.64. The SMILES string of the molecule is CC(C)(C)SC[C@H]1CCCCN1C(=O)CCc1ccccc1F. The van der Waals surface area contributed by atoms with E-state index in [1.807, 2.05) is 22.7 Å². The van der Waals surface area contributed by atoms with Crippen molar-refractivity contribution in [1.82, 2.24) is 4.90 Å². The molecule has 128 valence electrons. The van der Waals surface area contributed by atoms with Gasteiger partial charge in [-0.3, -0.25) is 4.79 Å². The minimum atomic E-state index is -0.209. The van der Waals surface area contributed by atoms with Gasteiger partial charge in [-0.2, -0.15) is 11.8 Å². The Morgan fingerprint density at radius 1 is 1.30 bits per heavy atom. The Hall–Kier alpha value is -1.03. The number of carbonyl (C=O) groups is 1. The van der Waals surface area contributed by atoms with Gasteiger partial charge in [0.1, 0.15) is 5.82 Å². The zero-order chi connectivity index (χ0) is 16.9. The number of aryl methyl sites for hydroxylation is 1. The monoisotopic (exact) mass is 337 g/mol. The van der Waals surface area contributed by atoms with Crippen molar-refractivity contribution >= 4 is 17.7 Å². The van der Waals surface area contributed by atoms with E-state index < -0.39 is 0 Å². The van der Waals surface area contributed by atoms with Gasteiger partial charge in [-0.15, -0.1) is 0 Å². The van der Waals surface area contributed by atoms with Crippen molar-refractivity contribution in [3.63, 3.8) is 0 Å². The van der Waals surface area contributed by atoms with Crippen LogP contribution < -0.4 is 0 Å². The zero-order valence-corrected chi connectivity index (χ0v) is 15.3. The minimum absolute atomic E-state index is 0.174. The average Bonchev–Trinajstić information content (AvgIpc) is 2.51. The van der Waals surface area contributed by atoms with Crippen LogP contribution in [0.5, 0.6) is 0 Å². The maximum atomic E-state index is 13.7. The molecule has 0 spiro atoms. The Bertz CT molecular complexity index is 526. The summed E-state index contributed by atoms with van der Waals surface area (Å²) >= 11 is 1.92. The normalized spacial score (nSPS) is 19.0. The average molecular weight is 338 g/mol. The van der Waals surface area contributed by atoms with Crippen LogP contribution in [0.4, 0.5) is 4.39 Å². The van der Waals surface area contributed by atoms with Gasteiger partial charge in [0.05, 0.1) is 0 Å². The molecule has 4 heteroatoms. The summed E-state index contributed by atoms with van der Waals surface area (Å²) in [6.07, 6.45) is 4.27. The van der Waals surface area contributed by atoms with Gasteiger partial charge in [0.15, 0.2) is 0 Å². The standard InChI is InChI=1S/C19H28FNOS/c1-19(2,3)23-14-16-9-6-7-13-21(16)18(22)12-11-15-8-4-5-10-17(15)20/h4-5,8,10,16H,6-7,9,11-14H2,1-3H3/t16-/m1/s1. The van der Waals surface area contributed by atoms with Gasteiger partial charge >= 0.3 is 0 Å². The lowest BCUT2D eigenvalue weighted by atomic mass is 10.0. The number of hydrogen-bond donors (Lipinski definition) is 0. The summed E-state index contributed by atoms with van der Waals surface area (Å²) in [5.41, 5.74) is 0.637. The van der Waals surface area contributed by atoms with Crippen LogP contribution in [0.3, 0.4) is 0 Å². The molecule has 1 fully saturated rings. The smallest absolute Gasteiger partial charge is 0.223 e. The molecule has 1 aromatic carbocycles. The summed E-state index contributed by atoms with van der Waals surface area (Å²) in [7, 11) is 0. The maximum Gasteiger partial charge on any atom is 0.223 e. The van der Waals surface area contributed by atoms with Gasteiger partial charge in [0.25, 0.3) is 0 Å². The molecular formula is C19H28FNOS. The molecule has 1 aliphatic heterocycles. The molecule has 0 N–H and O–H groups in total. The third kappa shape index (κ3) is 5.83. The van der Waals surface area contributed by atoms with E-state index in [1.54, 1.807) is 12.1 Å². The first-order valence-corrected chi connectivity index (χ1v) is 9.52. The molecule has 0 aromatic heterocycles. The fraction of sp³-hybridized carbons (Fsp3) is 0.632. The van der Waals surface area contributed by atoms with E-state index in [9.17, 15) is 9.18 Å². The van der Waals surface area contributed by atoms with Crippen molar-refractivity contribution < 1.29 is 9.18 Å². The quantitative estimate of drug-likeness (QED) is 0.778. The fourth-order valence-corrected chi connectivity index (χ4v) is 3.97. The largest absolute Gasteiger partial charge is 0.339 e. The van der Waals surface area contributed by atoms with Gasteiger partial charge in [-0.25, -0.2) is 4.39 Å². The molecule has 1 saturated heterocycles. The number of thioether (sulfide) groups is 1. The van der Waals surface area contributed by atoms with E-state index in [-0.39, 0.29) is 16.5 Å². The summed E-state index contributed by atoms with van der Waals surface area (Å²) in [5, 5.41) is 0. The van der Waals surface area contributed by atoms with Crippen molar-refractivity contribution in [1.29, 1.82) is 0 Å². The summed E-state index contributed by atoms with van der Waals surface area (Å²) in [4.78, 5) is 14.7. The zero-order valence-electron chi connectivity index (χ0n) is 14.5. The number of likely N-dealkylation sites (tertiary alicyclic amines) is 1. The molecule has 1 aliphatic rings. The van der Waals surface area contributed by atoms with Crippen LogP contribution in [0.25, 0.3) is 0 Å². The van der Waals surface area contributed by atoms with Crippen molar-refractivity contribution in [2.45, 2.75) is 63.7 Å².